The molecule has 0 aliphatic carbocycles. The van der Waals surface area contributed by atoms with E-state index < -0.39 is 97.8 Å². The first-order chi connectivity index (χ1) is 27.0. The number of nitro benzene ring substituents is 1. The van der Waals surface area contributed by atoms with Crippen LogP contribution in [0.2, 0.25) is 0 Å². The molecule has 2 heterocycles. The third-order valence-electron chi connectivity index (χ3n) is 9.74. The van der Waals surface area contributed by atoms with Gasteiger partial charge in [0.05, 0.1) is 24.7 Å². The Balaban J connectivity index is 1.36. The van der Waals surface area contributed by atoms with E-state index in [9.17, 15) is 50.7 Å². The summed E-state index contributed by atoms with van der Waals surface area (Å²) in [6.45, 7) is -2.16. The molecule has 17 nitrogen and oxygen atoms in total. The minimum atomic E-state index is -1.90. The summed E-state index contributed by atoms with van der Waals surface area (Å²) in [4.78, 5) is 25.1. The number of carbonyl (C=O) groups excluding carboxylic acids is 1. The lowest BCUT2D eigenvalue weighted by atomic mass is 9.80. The number of non-ortho nitro benzene ring substituents is 1. The van der Waals surface area contributed by atoms with Gasteiger partial charge < -0.3 is 64.7 Å². The highest BCUT2D eigenvalue weighted by molar-refractivity contribution is 5.70. The van der Waals surface area contributed by atoms with Gasteiger partial charge in [0.1, 0.15) is 54.5 Å². The van der Waals surface area contributed by atoms with Crippen molar-refractivity contribution in [1.82, 2.24) is 5.32 Å². The maximum atomic E-state index is 14.3. The van der Waals surface area contributed by atoms with Crippen molar-refractivity contribution in [2.24, 2.45) is 0 Å². The van der Waals surface area contributed by atoms with Gasteiger partial charge in [0.2, 0.25) is 0 Å². The lowest BCUT2D eigenvalue weighted by Crippen LogP contribution is -2.67. The second-order valence-electron chi connectivity index (χ2n) is 13.2. The van der Waals surface area contributed by atoms with E-state index in [0.29, 0.717) is 16.7 Å². The number of nitrogens with one attached hydrogen (secondary N) is 1. The molecule has 1 amide bonds. The molecular formula is C39H42N2O15. The quantitative estimate of drug-likeness (QED) is 0.0538. The van der Waals surface area contributed by atoms with Gasteiger partial charge in [-0.15, -0.1) is 0 Å². The number of benzene rings is 4. The maximum Gasteiger partial charge on any atom is 0.409 e. The Bertz CT molecular complexity index is 1810. The summed E-state index contributed by atoms with van der Waals surface area (Å²) in [7, 11) is 0. The van der Waals surface area contributed by atoms with E-state index in [0.717, 1.165) is 18.2 Å². The van der Waals surface area contributed by atoms with E-state index in [1.165, 1.54) is 0 Å². The van der Waals surface area contributed by atoms with Crippen LogP contribution in [0.5, 0.6) is 5.75 Å². The molecule has 0 saturated carbocycles. The molecule has 2 saturated heterocycles. The van der Waals surface area contributed by atoms with Crippen LogP contribution in [0.25, 0.3) is 0 Å². The van der Waals surface area contributed by atoms with E-state index in [1.807, 2.05) is 0 Å². The Morgan fingerprint density at radius 2 is 1.27 bits per heavy atom. The van der Waals surface area contributed by atoms with Gasteiger partial charge in [0, 0.05) is 34.4 Å². The van der Waals surface area contributed by atoms with E-state index in [4.69, 9.17) is 23.7 Å². The van der Waals surface area contributed by atoms with Crippen LogP contribution in [0.3, 0.4) is 0 Å². The molecule has 0 bridgehead atoms. The Hall–Kier alpha value is -5.05. The van der Waals surface area contributed by atoms with Gasteiger partial charge in [-0.2, -0.15) is 0 Å². The number of amides is 1. The first kappa shape index (κ1) is 40.6. The third-order valence-corrected chi connectivity index (χ3v) is 9.74. The lowest BCUT2D eigenvalue weighted by molar-refractivity contribution is -0.385. The molecule has 2 aliphatic rings. The SMILES string of the molecule is O=C(N[C@H]1[C@H](OCc2cc([N+](=O)[O-])ccc2O)O[C@H](CO)[C@@H](O[C@@H]2O[C@H](CO)[C@H](O)[C@H](O)[C@H]2O)[C@@H]1O)OC(c1ccccc1)(c1ccccc1)c1ccccc1. The summed E-state index contributed by atoms with van der Waals surface area (Å²) < 4.78 is 29.6. The van der Waals surface area contributed by atoms with E-state index >= 15 is 0 Å². The van der Waals surface area contributed by atoms with Crippen molar-refractivity contribution in [2.75, 3.05) is 13.2 Å². The first-order valence-electron chi connectivity index (χ1n) is 17.6. The molecule has 4 aromatic rings. The highest BCUT2D eigenvalue weighted by Crippen LogP contribution is 2.41. The normalized spacial score (nSPS) is 28.0. The molecule has 0 spiro atoms. The van der Waals surface area contributed by atoms with E-state index in [1.54, 1.807) is 91.0 Å². The highest BCUT2D eigenvalue weighted by atomic mass is 16.7. The lowest BCUT2D eigenvalue weighted by Gasteiger charge is -2.47. The average Bonchev–Trinajstić information content (AvgIpc) is 3.22. The number of rotatable bonds is 13. The average molecular weight is 779 g/mol. The second-order valence-corrected chi connectivity index (χ2v) is 13.2. The minimum Gasteiger partial charge on any atom is -0.508 e. The molecule has 0 aromatic heterocycles. The van der Waals surface area contributed by atoms with Crippen molar-refractivity contribution in [1.29, 1.82) is 0 Å². The number of aliphatic hydroxyl groups excluding tert-OH is 6. The van der Waals surface area contributed by atoms with Crippen molar-refractivity contribution < 1.29 is 69.1 Å². The number of hydrogen-bond acceptors (Lipinski definition) is 15. The summed E-state index contributed by atoms with van der Waals surface area (Å²) in [5.74, 6) is -0.364. The fourth-order valence-electron chi connectivity index (χ4n) is 6.84. The number of aromatic hydroxyl groups is 1. The van der Waals surface area contributed by atoms with Crippen LogP contribution in [0.4, 0.5) is 10.5 Å². The third kappa shape index (κ3) is 8.37. The number of carbonyl (C=O) groups is 1. The predicted molar refractivity (Wildman–Crippen MR) is 193 cm³/mol. The van der Waals surface area contributed by atoms with Crippen molar-refractivity contribution in [3.05, 3.63) is 142 Å². The van der Waals surface area contributed by atoms with Crippen molar-refractivity contribution >= 4 is 11.8 Å². The van der Waals surface area contributed by atoms with Gasteiger partial charge in [-0.1, -0.05) is 91.0 Å². The van der Waals surface area contributed by atoms with Crippen LogP contribution in [0, 0.1) is 10.1 Å². The number of phenolic OH excluding ortho intramolecular Hbond substituents is 1. The van der Waals surface area contributed by atoms with Crippen molar-refractivity contribution in [2.45, 2.75) is 73.6 Å². The first-order valence-corrected chi connectivity index (χ1v) is 17.6. The van der Waals surface area contributed by atoms with Crippen LogP contribution >= 0.6 is 0 Å². The molecule has 17 heteroatoms. The number of hydrogen-bond donors (Lipinski definition) is 8. The molecule has 0 radical (unpaired) electrons. The van der Waals surface area contributed by atoms with Gasteiger partial charge in [-0.3, -0.25) is 10.1 Å². The topological polar surface area (TPSA) is 260 Å². The number of phenols is 1. The van der Waals surface area contributed by atoms with Crippen LogP contribution < -0.4 is 5.32 Å². The molecule has 2 fully saturated rings. The number of aliphatic hydroxyl groups is 6. The predicted octanol–water partition coefficient (Wildman–Crippen LogP) is 1.17. The Morgan fingerprint density at radius 1 is 0.732 bits per heavy atom. The summed E-state index contributed by atoms with van der Waals surface area (Å²) in [5.41, 5.74) is -0.290. The van der Waals surface area contributed by atoms with Gasteiger partial charge in [0.15, 0.2) is 18.2 Å². The Kier molecular flexibility index (Phi) is 12.9. The minimum absolute atomic E-state index is 0.0462. The zero-order valence-corrected chi connectivity index (χ0v) is 29.6. The molecular weight excluding hydrogens is 736 g/mol. The van der Waals surface area contributed by atoms with Crippen LogP contribution in [0.15, 0.2) is 109 Å². The zero-order chi connectivity index (χ0) is 40.0. The number of nitro groups is 1. The van der Waals surface area contributed by atoms with Gasteiger partial charge >= 0.3 is 6.09 Å². The largest absolute Gasteiger partial charge is 0.508 e. The zero-order valence-electron chi connectivity index (χ0n) is 29.6. The molecule has 2 aliphatic heterocycles. The maximum absolute atomic E-state index is 14.3. The fraction of sp³-hybridized carbons (Fsp3) is 0.359. The van der Waals surface area contributed by atoms with Gasteiger partial charge in [-0.05, 0) is 6.07 Å². The molecule has 10 atom stereocenters. The van der Waals surface area contributed by atoms with E-state index in [2.05, 4.69) is 5.32 Å². The highest BCUT2D eigenvalue weighted by Gasteiger charge is 2.52. The van der Waals surface area contributed by atoms with Crippen molar-refractivity contribution in [3.8, 4) is 5.75 Å². The smallest absolute Gasteiger partial charge is 0.409 e. The number of ether oxygens (including phenoxy) is 5. The molecule has 298 valence electrons. The number of nitrogens with zero attached hydrogens (tertiary/aromatic N) is 1. The monoisotopic (exact) mass is 778 g/mol. The molecule has 4 aromatic carbocycles. The van der Waals surface area contributed by atoms with Crippen LogP contribution in [0.1, 0.15) is 22.3 Å². The van der Waals surface area contributed by atoms with Crippen molar-refractivity contribution in [3.63, 3.8) is 0 Å². The van der Waals surface area contributed by atoms with E-state index in [-0.39, 0.29) is 17.0 Å². The van der Waals surface area contributed by atoms with Crippen LogP contribution in [-0.4, -0.2) is 121 Å². The Labute approximate surface area is 320 Å². The molecule has 0 unspecified atom stereocenters. The molecule has 6 rings (SSSR count). The summed E-state index contributed by atoms with van der Waals surface area (Å²) in [5, 5.41) is 87.8. The standard InChI is InChI=1S/C39H42N2O15/c42-19-28-31(45)33(47)34(48)37(53-28)55-35-29(20-43)54-36(52-21-22-18-26(41(50)51)16-17-27(22)44)30(32(35)46)40-38(49)56-39(23-10-4-1-5-11-23,24-12-6-2-7-13-24)25-14-8-3-9-15-25/h1-18,28-37,42-48H,19-21H2,(H,40,49)/t28-,29-,30-,31+,32-,33+,34-,35-,36-,37+/m1/s1. The summed E-state index contributed by atoms with van der Waals surface area (Å²) in [6.07, 6.45) is -16.3. The Morgan fingerprint density at radius 3 is 1.79 bits per heavy atom. The summed E-state index contributed by atoms with van der Waals surface area (Å²) in [6, 6.07) is 28.3. The molecule has 8 N–H and O–H groups in total. The second kappa shape index (κ2) is 17.8. The number of alkyl carbamates (subject to hydrolysis) is 1. The summed E-state index contributed by atoms with van der Waals surface area (Å²) >= 11 is 0. The fourth-order valence-corrected chi connectivity index (χ4v) is 6.84. The van der Waals surface area contributed by atoms with Gasteiger partial charge in [-0.25, -0.2) is 4.79 Å². The molecule has 56 heavy (non-hydrogen) atoms. The van der Waals surface area contributed by atoms with Gasteiger partial charge in [0.25, 0.3) is 5.69 Å². The van der Waals surface area contributed by atoms with Crippen LogP contribution in [-0.2, 0) is 35.9 Å².